The zero-order valence-electron chi connectivity index (χ0n) is 17.3. The highest BCUT2D eigenvalue weighted by Crippen LogP contribution is 2.50. The van der Waals surface area contributed by atoms with Crippen molar-refractivity contribution in [3.8, 4) is 6.07 Å². The number of aromatic nitrogens is 1. The Morgan fingerprint density at radius 3 is 2.68 bits per heavy atom. The van der Waals surface area contributed by atoms with E-state index in [4.69, 9.17) is 0 Å². The van der Waals surface area contributed by atoms with Gasteiger partial charge in [-0.1, -0.05) is 32.9 Å². The van der Waals surface area contributed by atoms with Crippen LogP contribution in [0.4, 0.5) is 8.78 Å². The van der Waals surface area contributed by atoms with Crippen LogP contribution in [0.15, 0.2) is 18.2 Å². The first-order chi connectivity index (χ1) is 13.3. The van der Waals surface area contributed by atoms with Crippen molar-refractivity contribution in [3.05, 3.63) is 35.4 Å². The van der Waals surface area contributed by atoms with Crippen LogP contribution < -0.4 is 0 Å². The van der Waals surface area contributed by atoms with Gasteiger partial charge in [0.25, 0.3) is 0 Å². The number of piperidine rings is 1. The molecule has 0 bridgehead atoms. The van der Waals surface area contributed by atoms with Crippen LogP contribution in [0.2, 0.25) is 0 Å². The number of hydrogen-bond acceptors (Lipinski definition) is 3. The van der Waals surface area contributed by atoms with E-state index in [0.29, 0.717) is 25.1 Å². The van der Waals surface area contributed by atoms with Gasteiger partial charge in [-0.25, -0.2) is 9.37 Å². The molecule has 1 aromatic heterocycles. The maximum Gasteiger partial charge on any atom is 0.217 e. The predicted octanol–water partition coefficient (Wildman–Crippen LogP) is 5.67. The molecular weight excluding hydrogens is 356 g/mol. The van der Waals surface area contributed by atoms with Crippen molar-refractivity contribution >= 4 is 5.57 Å². The molecule has 3 rings (SSSR count). The normalized spacial score (nSPS) is 26.6. The number of pyridine rings is 1. The molecule has 28 heavy (non-hydrogen) atoms. The van der Waals surface area contributed by atoms with Gasteiger partial charge in [-0.05, 0) is 55.7 Å². The van der Waals surface area contributed by atoms with Crippen molar-refractivity contribution in [2.75, 3.05) is 13.1 Å². The Kier molecular flexibility index (Phi) is 6.19. The summed E-state index contributed by atoms with van der Waals surface area (Å²) in [5, 5.41) is 9.24. The molecule has 152 valence electrons. The minimum atomic E-state index is -1.11. The Morgan fingerprint density at radius 1 is 1.32 bits per heavy atom. The molecule has 2 atom stereocenters. The summed E-state index contributed by atoms with van der Waals surface area (Å²) in [6.45, 7) is 7.26. The molecule has 0 saturated carbocycles. The monoisotopic (exact) mass is 387 g/mol. The number of likely N-dealkylation sites (tertiary alicyclic amines) is 1. The molecule has 1 aliphatic heterocycles. The Labute approximate surface area is 167 Å². The standard InChI is InChI=1S/C23H31F2N3/c1-22(2,3)23(11-13-26)12-14-28(16-20(23)24)15-18-9-10-19(27-21(18)25)17-7-5-4-6-8-17/h7,9-10,20H,4-6,8,11-12,14-16H2,1-3H3. The molecule has 0 aromatic carbocycles. The van der Waals surface area contributed by atoms with Crippen LogP contribution >= 0.6 is 0 Å². The van der Waals surface area contributed by atoms with E-state index in [0.717, 1.165) is 30.5 Å². The van der Waals surface area contributed by atoms with E-state index in [1.54, 1.807) is 6.07 Å². The summed E-state index contributed by atoms with van der Waals surface area (Å²) in [7, 11) is 0. The fourth-order valence-electron chi connectivity index (χ4n) is 4.67. The summed E-state index contributed by atoms with van der Waals surface area (Å²) in [4.78, 5) is 6.13. The molecular formula is C23H31F2N3. The van der Waals surface area contributed by atoms with Crippen molar-refractivity contribution in [2.24, 2.45) is 10.8 Å². The Morgan fingerprint density at radius 2 is 2.11 bits per heavy atom. The van der Waals surface area contributed by atoms with Crippen molar-refractivity contribution in [2.45, 2.75) is 72.0 Å². The van der Waals surface area contributed by atoms with Gasteiger partial charge >= 0.3 is 0 Å². The highest BCUT2D eigenvalue weighted by molar-refractivity contribution is 5.63. The van der Waals surface area contributed by atoms with Crippen molar-refractivity contribution in [1.82, 2.24) is 9.88 Å². The number of hydrogen-bond donors (Lipinski definition) is 0. The summed E-state index contributed by atoms with van der Waals surface area (Å²) >= 11 is 0. The largest absolute Gasteiger partial charge is 0.296 e. The molecule has 3 nitrogen and oxygen atoms in total. The van der Waals surface area contributed by atoms with Gasteiger partial charge in [0.1, 0.15) is 6.17 Å². The second-order valence-electron chi connectivity index (χ2n) is 9.32. The average molecular weight is 388 g/mol. The smallest absolute Gasteiger partial charge is 0.217 e. The molecule has 1 saturated heterocycles. The fraction of sp³-hybridized carbons (Fsp3) is 0.652. The second kappa shape index (κ2) is 8.29. The van der Waals surface area contributed by atoms with E-state index >= 15 is 4.39 Å². The quantitative estimate of drug-likeness (QED) is 0.625. The Hall–Kier alpha value is -1.80. The molecule has 1 aliphatic carbocycles. The van der Waals surface area contributed by atoms with Crippen LogP contribution in [-0.2, 0) is 6.54 Å². The Balaban J connectivity index is 1.70. The average Bonchev–Trinajstić information content (AvgIpc) is 2.65. The number of nitriles is 1. The van der Waals surface area contributed by atoms with E-state index in [9.17, 15) is 9.65 Å². The van der Waals surface area contributed by atoms with Crippen molar-refractivity contribution in [3.63, 3.8) is 0 Å². The van der Waals surface area contributed by atoms with Gasteiger partial charge in [-0.15, -0.1) is 0 Å². The summed E-state index contributed by atoms with van der Waals surface area (Å²) in [6.07, 6.45) is 6.16. The number of halogens is 2. The van der Waals surface area contributed by atoms with Crippen LogP contribution in [-0.4, -0.2) is 29.1 Å². The molecule has 5 heteroatoms. The highest BCUT2D eigenvalue weighted by atomic mass is 19.1. The molecule has 1 aromatic rings. The lowest BCUT2D eigenvalue weighted by molar-refractivity contribution is -0.0662. The number of alkyl halides is 1. The van der Waals surface area contributed by atoms with Gasteiger partial charge < -0.3 is 0 Å². The lowest BCUT2D eigenvalue weighted by Gasteiger charge is -2.51. The number of allylic oxidation sites excluding steroid dienone is 2. The fourth-order valence-corrected chi connectivity index (χ4v) is 4.67. The first-order valence-corrected chi connectivity index (χ1v) is 10.3. The molecule has 2 unspecified atom stereocenters. The molecule has 1 fully saturated rings. The minimum Gasteiger partial charge on any atom is -0.296 e. The maximum atomic E-state index is 15.2. The van der Waals surface area contributed by atoms with Gasteiger partial charge in [-0.3, -0.25) is 4.90 Å². The van der Waals surface area contributed by atoms with Gasteiger partial charge in [0, 0.05) is 30.5 Å². The zero-order chi connectivity index (χ0) is 20.4. The minimum absolute atomic E-state index is 0.214. The summed E-state index contributed by atoms with van der Waals surface area (Å²) in [5.41, 5.74) is 1.42. The molecule has 0 radical (unpaired) electrons. The number of rotatable bonds is 4. The van der Waals surface area contributed by atoms with E-state index in [1.165, 1.54) is 6.42 Å². The molecule has 2 heterocycles. The third-order valence-electron chi connectivity index (χ3n) is 6.72. The summed E-state index contributed by atoms with van der Waals surface area (Å²) < 4.78 is 29.9. The molecule has 2 aliphatic rings. The molecule has 0 spiro atoms. The van der Waals surface area contributed by atoms with E-state index < -0.39 is 17.5 Å². The van der Waals surface area contributed by atoms with Gasteiger partial charge in [0.2, 0.25) is 5.95 Å². The summed E-state index contributed by atoms with van der Waals surface area (Å²) in [6, 6.07) is 5.88. The topological polar surface area (TPSA) is 39.9 Å². The van der Waals surface area contributed by atoms with Crippen molar-refractivity contribution in [1.29, 1.82) is 5.26 Å². The van der Waals surface area contributed by atoms with Crippen LogP contribution in [0.25, 0.3) is 5.57 Å². The van der Waals surface area contributed by atoms with Crippen LogP contribution in [0.3, 0.4) is 0 Å². The van der Waals surface area contributed by atoms with Crippen LogP contribution in [0.1, 0.15) is 70.6 Å². The first-order valence-electron chi connectivity index (χ1n) is 10.3. The summed E-state index contributed by atoms with van der Waals surface area (Å²) in [5.74, 6) is -0.455. The SMILES string of the molecule is CC(C)(C)C1(CC#N)CCN(Cc2ccc(C3=CCCCC3)nc2F)CC1F. The molecule has 0 N–H and O–H groups in total. The number of nitrogens with zero attached hydrogens (tertiary/aromatic N) is 3. The van der Waals surface area contributed by atoms with Crippen LogP contribution in [0, 0.1) is 28.1 Å². The third-order valence-corrected chi connectivity index (χ3v) is 6.72. The highest BCUT2D eigenvalue weighted by Gasteiger charge is 2.51. The van der Waals surface area contributed by atoms with E-state index in [2.05, 4.69) is 17.1 Å². The van der Waals surface area contributed by atoms with Gasteiger partial charge in [0.15, 0.2) is 0 Å². The lowest BCUT2D eigenvalue weighted by atomic mass is 9.59. The van der Waals surface area contributed by atoms with Crippen molar-refractivity contribution < 1.29 is 8.78 Å². The zero-order valence-corrected chi connectivity index (χ0v) is 17.3. The maximum absolute atomic E-state index is 15.2. The predicted molar refractivity (Wildman–Crippen MR) is 108 cm³/mol. The Bertz CT molecular complexity index is 775. The van der Waals surface area contributed by atoms with E-state index in [-0.39, 0.29) is 18.4 Å². The molecule has 0 amide bonds. The van der Waals surface area contributed by atoms with Gasteiger partial charge in [-0.2, -0.15) is 9.65 Å². The van der Waals surface area contributed by atoms with E-state index in [1.807, 2.05) is 31.7 Å². The lowest BCUT2D eigenvalue weighted by Crippen LogP contribution is -2.54. The second-order valence-corrected chi connectivity index (χ2v) is 9.32. The van der Waals surface area contributed by atoms with Crippen LogP contribution in [0.5, 0.6) is 0 Å². The first kappa shape index (κ1) is 20.9. The van der Waals surface area contributed by atoms with Gasteiger partial charge in [0.05, 0.1) is 11.8 Å². The third kappa shape index (κ3) is 4.12.